The van der Waals surface area contributed by atoms with Crippen LogP contribution in [0.1, 0.15) is 56.6 Å². The van der Waals surface area contributed by atoms with Crippen LogP contribution in [0.3, 0.4) is 0 Å². The summed E-state index contributed by atoms with van der Waals surface area (Å²) in [7, 11) is 1.86. The number of carbonyl (C=O) groups excluding carboxylic acids is 1. The normalized spacial score (nSPS) is 25.5. The minimum absolute atomic E-state index is 0.191. The van der Waals surface area contributed by atoms with Crippen molar-refractivity contribution in [3.63, 3.8) is 0 Å². The van der Waals surface area contributed by atoms with Crippen LogP contribution in [-0.4, -0.2) is 33.6 Å². The van der Waals surface area contributed by atoms with E-state index in [1.165, 1.54) is 19.3 Å². The van der Waals surface area contributed by atoms with E-state index in [2.05, 4.69) is 15.7 Å². The van der Waals surface area contributed by atoms with Gasteiger partial charge in [0.1, 0.15) is 5.82 Å². The van der Waals surface area contributed by atoms with E-state index in [0.29, 0.717) is 18.4 Å². The first kappa shape index (κ1) is 15.3. The fourth-order valence-electron chi connectivity index (χ4n) is 3.36. The third kappa shape index (κ3) is 3.61. The Morgan fingerprint density at radius 1 is 1.36 bits per heavy atom. The van der Waals surface area contributed by atoms with Crippen LogP contribution >= 0.6 is 0 Å². The molecule has 0 aliphatic heterocycles. The number of hydrogen-bond acceptors (Lipinski definition) is 3. The zero-order valence-electron chi connectivity index (χ0n) is 13.2. The van der Waals surface area contributed by atoms with E-state index in [9.17, 15) is 9.90 Å². The van der Waals surface area contributed by atoms with Crippen molar-refractivity contribution in [2.24, 2.45) is 13.0 Å². The van der Waals surface area contributed by atoms with Crippen molar-refractivity contribution in [1.29, 1.82) is 0 Å². The maximum Gasteiger partial charge on any atom is 0.320 e. The Morgan fingerprint density at radius 2 is 2.14 bits per heavy atom. The fourth-order valence-corrected chi connectivity index (χ4v) is 3.36. The van der Waals surface area contributed by atoms with Crippen LogP contribution in [0.25, 0.3) is 0 Å². The molecular weight excluding hydrogens is 280 g/mol. The Kier molecular flexibility index (Phi) is 4.66. The predicted molar refractivity (Wildman–Crippen MR) is 84.8 cm³/mol. The van der Waals surface area contributed by atoms with Crippen LogP contribution in [0.5, 0.6) is 0 Å². The molecule has 2 atom stereocenters. The number of aryl methyl sites for hydroxylation is 1. The molecule has 2 aliphatic carbocycles. The molecule has 2 aliphatic rings. The Bertz CT molecular complexity index is 524. The number of urea groups is 1. The highest BCUT2D eigenvalue weighted by Crippen LogP contribution is 2.36. The van der Waals surface area contributed by atoms with E-state index >= 15 is 0 Å². The lowest BCUT2D eigenvalue weighted by Gasteiger charge is -2.25. The van der Waals surface area contributed by atoms with E-state index in [1.807, 2.05) is 13.1 Å². The monoisotopic (exact) mass is 306 g/mol. The van der Waals surface area contributed by atoms with Gasteiger partial charge in [-0.3, -0.25) is 10.00 Å². The van der Waals surface area contributed by atoms with Gasteiger partial charge in [-0.05, 0) is 38.0 Å². The van der Waals surface area contributed by atoms with Crippen molar-refractivity contribution in [2.75, 3.05) is 11.9 Å². The maximum atomic E-state index is 12.0. The molecule has 6 heteroatoms. The van der Waals surface area contributed by atoms with Gasteiger partial charge in [0.15, 0.2) is 0 Å². The van der Waals surface area contributed by atoms with Gasteiger partial charge in [-0.15, -0.1) is 0 Å². The topological polar surface area (TPSA) is 79.2 Å². The Hall–Kier alpha value is -1.56. The second-order valence-electron chi connectivity index (χ2n) is 6.73. The third-order valence-electron chi connectivity index (χ3n) is 4.97. The molecule has 0 radical (unpaired) electrons. The molecule has 2 fully saturated rings. The summed E-state index contributed by atoms with van der Waals surface area (Å²) in [4.78, 5) is 12.0. The average Bonchev–Trinajstić information content (AvgIpc) is 2.75. The van der Waals surface area contributed by atoms with Gasteiger partial charge >= 0.3 is 6.03 Å². The lowest BCUT2D eigenvalue weighted by atomic mass is 9.83. The van der Waals surface area contributed by atoms with E-state index in [1.54, 1.807) is 4.68 Å². The van der Waals surface area contributed by atoms with Crippen molar-refractivity contribution in [3.8, 4) is 0 Å². The molecule has 0 aromatic carbocycles. The van der Waals surface area contributed by atoms with Crippen LogP contribution in [-0.2, 0) is 7.05 Å². The van der Waals surface area contributed by atoms with Crippen LogP contribution in [0.4, 0.5) is 10.6 Å². The van der Waals surface area contributed by atoms with E-state index in [4.69, 9.17) is 0 Å². The first-order valence-electron chi connectivity index (χ1n) is 8.38. The molecule has 0 bridgehead atoms. The molecule has 2 unspecified atom stereocenters. The minimum atomic E-state index is -0.203. The number of hydrogen-bond donors (Lipinski definition) is 3. The number of carbonyl (C=O) groups is 1. The average molecular weight is 306 g/mol. The van der Waals surface area contributed by atoms with Crippen molar-refractivity contribution >= 4 is 11.8 Å². The first-order valence-corrected chi connectivity index (χ1v) is 8.38. The molecule has 2 amide bonds. The highest BCUT2D eigenvalue weighted by Gasteiger charge is 2.24. The molecule has 3 rings (SSSR count). The Labute approximate surface area is 131 Å². The molecule has 122 valence electrons. The first-order chi connectivity index (χ1) is 10.6. The van der Waals surface area contributed by atoms with Gasteiger partial charge in [-0.2, -0.15) is 5.10 Å². The molecule has 22 heavy (non-hydrogen) atoms. The number of aliphatic hydroxyl groups excluding tert-OH is 1. The highest BCUT2D eigenvalue weighted by atomic mass is 16.3. The fraction of sp³-hybridized carbons (Fsp3) is 0.750. The smallest absolute Gasteiger partial charge is 0.320 e. The number of rotatable bonds is 4. The lowest BCUT2D eigenvalue weighted by Crippen LogP contribution is -2.35. The minimum Gasteiger partial charge on any atom is -0.393 e. The van der Waals surface area contributed by atoms with Crippen molar-refractivity contribution in [3.05, 3.63) is 11.8 Å². The number of nitrogens with one attached hydrogen (secondary N) is 2. The van der Waals surface area contributed by atoms with Gasteiger partial charge in [-0.25, -0.2) is 4.79 Å². The molecular formula is C16H26N4O2. The summed E-state index contributed by atoms with van der Waals surface area (Å²) >= 11 is 0. The van der Waals surface area contributed by atoms with Gasteiger partial charge in [-0.1, -0.05) is 12.8 Å². The van der Waals surface area contributed by atoms with E-state index in [-0.39, 0.29) is 12.1 Å². The van der Waals surface area contributed by atoms with Gasteiger partial charge in [0, 0.05) is 25.6 Å². The Balaban J connectivity index is 1.48. The van der Waals surface area contributed by atoms with Crippen LogP contribution in [0.15, 0.2) is 6.07 Å². The summed E-state index contributed by atoms with van der Waals surface area (Å²) < 4.78 is 1.73. The van der Waals surface area contributed by atoms with Crippen molar-refractivity contribution in [1.82, 2.24) is 15.1 Å². The summed E-state index contributed by atoms with van der Waals surface area (Å²) in [6.07, 6.45) is 7.28. The van der Waals surface area contributed by atoms with Crippen molar-refractivity contribution in [2.45, 2.75) is 57.0 Å². The van der Waals surface area contributed by atoms with Crippen LogP contribution in [0.2, 0.25) is 0 Å². The predicted octanol–water partition coefficient (Wildman–Crippen LogP) is 2.36. The molecule has 6 nitrogen and oxygen atoms in total. The zero-order chi connectivity index (χ0) is 15.5. The van der Waals surface area contributed by atoms with Crippen LogP contribution in [0, 0.1) is 5.92 Å². The van der Waals surface area contributed by atoms with Gasteiger partial charge in [0.05, 0.1) is 11.8 Å². The summed E-state index contributed by atoms with van der Waals surface area (Å²) in [6, 6.07) is 1.79. The summed E-state index contributed by atoms with van der Waals surface area (Å²) in [5.74, 6) is 1.68. The highest BCUT2D eigenvalue weighted by molar-refractivity contribution is 5.88. The molecule has 1 aromatic heterocycles. The SMILES string of the molecule is Cn1nc(C2CCC2)cc1NC(=O)NCC1CCCC(O)C1. The van der Waals surface area contributed by atoms with E-state index in [0.717, 1.165) is 37.2 Å². The maximum absolute atomic E-state index is 12.0. The van der Waals surface area contributed by atoms with Crippen molar-refractivity contribution < 1.29 is 9.90 Å². The quantitative estimate of drug-likeness (QED) is 0.799. The largest absolute Gasteiger partial charge is 0.393 e. The number of anilines is 1. The molecule has 3 N–H and O–H groups in total. The van der Waals surface area contributed by atoms with E-state index < -0.39 is 0 Å². The molecule has 1 heterocycles. The third-order valence-corrected chi connectivity index (χ3v) is 4.97. The zero-order valence-corrected chi connectivity index (χ0v) is 13.2. The molecule has 0 spiro atoms. The lowest BCUT2D eigenvalue weighted by molar-refractivity contribution is 0.101. The Morgan fingerprint density at radius 3 is 2.82 bits per heavy atom. The number of amides is 2. The summed E-state index contributed by atoms with van der Waals surface area (Å²) in [5.41, 5.74) is 1.08. The number of nitrogens with zero attached hydrogens (tertiary/aromatic N) is 2. The van der Waals surface area contributed by atoms with Gasteiger partial charge in [0.25, 0.3) is 0 Å². The second-order valence-corrected chi connectivity index (χ2v) is 6.73. The van der Waals surface area contributed by atoms with Gasteiger partial charge < -0.3 is 10.4 Å². The second kappa shape index (κ2) is 6.69. The number of aromatic nitrogens is 2. The summed E-state index contributed by atoms with van der Waals surface area (Å²) in [6.45, 7) is 0.621. The standard InChI is InChI=1S/C16H26N4O2/c1-20-15(9-14(19-20)12-5-3-6-12)18-16(22)17-10-11-4-2-7-13(21)8-11/h9,11-13,21H,2-8,10H2,1H3,(H2,17,18,22). The van der Waals surface area contributed by atoms with Gasteiger partial charge in [0.2, 0.25) is 0 Å². The molecule has 1 aromatic rings. The molecule has 0 saturated heterocycles. The van der Waals surface area contributed by atoms with Crippen LogP contribution < -0.4 is 10.6 Å². The number of aliphatic hydroxyl groups is 1. The molecule has 2 saturated carbocycles. The summed E-state index contributed by atoms with van der Waals surface area (Å²) in [5, 5.41) is 19.9.